The predicted octanol–water partition coefficient (Wildman–Crippen LogP) is 2.52. The summed E-state index contributed by atoms with van der Waals surface area (Å²) in [5.41, 5.74) is 0. The quantitative estimate of drug-likeness (QED) is 0.513. The molecule has 0 aliphatic carbocycles. The Morgan fingerprint density at radius 1 is 1.85 bits per heavy atom. The summed E-state index contributed by atoms with van der Waals surface area (Å²) in [6.07, 6.45) is 6.20. The lowest BCUT2D eigenvalue weighted by atomic mass is 9.96. The van der Waals surface area contributed by atoms with Crippen molar-refractivity contribution in [3.8, 4) is 0 Å². The van der Waals surface area contributed by atoms with Gasteiger partial charge in [0.2, 0.25) is 0 Å². The average molecular weight is 198 g/mol. The Morgan fingerprint density at radius 3 is 3.08 bits per heavy atom. The van der Waals surface area contributed by atoms with E-state index in [1.54, 1.807) is 11.8 Å². The molecule has 72 valence electrons. The van der Waals surface area contributed by atoms with Gasteiger partial charge < -0.3 is 4.74 Å². The molecule has 2 nitrogen and oxygen atoms in total. The van der Waals surface area contributed by atoms with E-state index in [1.807, 2.05) is 11.5 Å². The fourth-order valence-corrected chi connectivity index (χ4v) is 2.51. The molecule has 1 rings (SSSR count). The van der Waals surface area contributed by atoms with E-state index in [4.69, 9.17) is 0 Å². The van der Waals surface area contributed by atoms with Crippen molar-refractivity contribution in [3.05, 3.63) is 24.1 Å². The highest BCUT2D eigenvalue weighted by molar-refractivity contribution is 8.03. The minimum atomic E-state index is -0.141. The SMILES string of the molecule is C=CCC1(CC(=O)OC)CC=CS1. The molecule has 1 aliphatic heterocycles. The second kappa shape index (κ2) is 4.51. The largest absolute Gasteiger partial charge is 0.469 e. The highest BCUT2D eigenvalue weighted by atomic mass is 32.2. The Labute approximate surface area is 83.0 Å². The van der Waals surface area contributed by atoms with Gasteiger partial charge in [-0.05, 0) is 18.2 Å². The number of rotatable bonds is 4. The molecule has 0 saturated carbocycles. The van der Waals surface area contributed by atoms with Crippen LogP contribution in [0.3, 0.4) is 0 Å². The summed E-state index contributed by atoms with van der Waals surface area (Å²) >= 11 is 1.71. The third kappa shape index (κ3) is 2.62. The standard InChI is InChI=1S/C10H14O2S/c1-3-5-10(6-4-7-13-10)8-9(11)12-2/h3-4,7H,1,5-6,8H2,2H3. The van der Waals surface area contributed by atoms with Gasteiger partial charge in [0.15, 0.2) is 0 Å². The molecule has 0 bridgehead atoms. The van der Waals surface area contributed by atoms with Crippen LogP contribution in [0.5, 0.6) is 0 Å². The lowest BCUT2D eigenvalue weighted by Crippen LogP contribution is -2.25. The molecule has 0 aromatic rings. The first kappa shape index (κ1) is 10.4. The molecule has 1 atom stereocenters. The van der Waals surface area contributed by atoms with E-state index >= 15 is 0 Å². The zero-order chi connectivity index (χ0) is 9.73. The molecule has 1 unspecified atom stereocenters. The van der Waals surface area contributed by atoms with E-state index in [2.05, 4.69) is 17.4 Å². The van der Waals surface area contributed by atoms with Crippen molar-refractivity contribution in [2.24, 2.45) is 0 Å². The number of thioether (sulfide) groups is 1. The van der Waals surface area contributed by atoms with Crippen molar-refractivity contribution in [2.45, 2.75) is 24.0 Å². The van der Waals surface area contributed by atoms with Gasteiger partial charge in [-0.2, -0.15) is 0 Å². The normalized spacial score (nSPS) is 25.9. The third-order valence-corrected chi connectivity index (χ3v) is 3.42. The van der Waals surface area contributed by atoms with E-state index in [0.717, 1.165) is 12.8 Å². The Bertz CT molecular complexity index is 225. The molecule has 0 amide bonds. The number of hydrogen-bond acceptors (Lipinski definition) is 3. The number of carbonyl (C=O) groups is 1. The van der Waals surface area contributed by atoms with Crippen LogP contribution < -0.4 is 0 Å². The van der Waals surface area contributed by atoms with Crippen LogP contribution in [0.25, 0.3) is 0 Å². The molecule has 1 aliphatic rings. The number of methoxy groups -OCH3 is 1. The van der Waals surface area contributed by atoms with Crippen molar-refractivity contribution < 1.29 is 9.53 Å². The third-order valence-electron chi connectivity index (χ3n) is 2.11. The fraction of sp³-hybridized carbons (Fsp3) is 0.500. The molecule has 0 aromatic carbocycles. The molecule has 13 heavy (non-hydrogen) atoms. The number of ether oxygens (including phenoxy) is 1. The Kier molecular flexibility index (Phi) is 3.60. The van der Waals surface area contributed by atoms with Crippen LogP contribution in [0.15, 0.2) is 24.1 Å². The van der Waals surface area contributed by atoms with Crippen molar-refractivity contribution in [1.29, 1.82) is 0 Å². The van der Waals surface area contributed by atoms with Gasteiger partial charge in [0.05, 0.1) is 13.5 Å². The average Bonchev–Trinajstić information content (AvgIpc) is 2.54. The zero-order valence-electron chi connectivity index (χ0n) is 7.79. The van der Waals surface area contributed by atoms with Crippen molar-refractivity contribution in [3.63, 3.8) is 0 Å². The topological polar surface area (TPSA) is 26.3 Å². The second-order valence-corrected chi connectivity index (χ2v) is 4.50. The van der Waals surface area contributed by atoms with Crippen molar-refractivity contribution in [2.75, 3.05) is 7.11 Å². The molecule has 0 radical (unpaired) electrons. The van der Waals surface area contributed by atoms with E-state index in [9.17, 15) is 4.79 Å². The maximum absolute atomic E-state index is 11.2. The number of allylic oxidation sites excluding steroid dienone is 2. The van der Waals surface area contributed by atoms with Gasteiger partial charge in [0.1, 0.15) is 0 Å². The van der Waals surface area contributed by atoms with E-state index in [-0.39, 0.29) is 10.7 Å². The van der Waals surface area contributed by atoms with E-state index < -0.39 is 0 Å². The Hall–Kier alpha value is -0.700. The van der Waals surface area contributed by atoms with Crippen LogP contribution in [0.1, 0.15) is 19.3 Å². The summed E-state index contributed by atoms with van der Waals surface area (Å²) in [6.45, 7) is 3.71. The van der Waals surface area contributed by atoms with Gasteiger partial charge in [-0.15, -0.1) is 18.3 Å². The summed E-state index contributed by atoms with van der Waals surface area (Å²) < 4.78 is 4.65. The van der Waals surface area contributed by atoms with Gasteiger partial charge in [-0.25, -0.2) is 0 Å². The summed E-state index contributed by atoms with van der Waals surface area (Å²) in [5.74, 6) is -0.141. The number of carbonyl (C=O) groups excluding carboxylic acids is 1. The molecular formula is C10H14O2S. The molecule has 0 spiro atoms. The van der Waals surface area contributed by atoms with Crippen LogP contribution in [0.4, 0.5) is 0 Å². The fourth-order valence-electron chi connectivity index (χ4n) is 1.42. The number of hydrogen-bond donors (Lipinski definition) is 0. The molecule has 3 heteroatoms. The minimum absolute atomic E-state index is 0.0190. The second-order valence-electron chi connectivity index (χ2n) is 3.12. The first-order chi connectivity index (χ1) is 6.22. The maximum Gasteiger partial charge on any atom is 0.306 e. The maximum atomic E-state index is 11.2. The summed E-state index contributed by atoms with van der Waals surface area (Å²) in [7, 11) is 1.43. The molecule has 0 fully saturated rings. The molecule has 1 heterocycles. The molecular weight excluding hydrogens is 184 g/mol. The monoisotopic (exact) mass is 198 g/mol. The van der Waals surface area contributed by atoms with Crippen molar-refractivity contribution >= 4 is 17.7 Å². The number of esters is 1. The smallest absolute Gasteiger partial charge is 0.306 e. The summed E-state index contributed by atoms with van der Waals surface area (Å²) in [4.78, 5) is 11.2. The molecule has 0 aromatic heterocycles. The van der Waals surface area contributed by atoms with Gasteiger partial charge in [0.25, 0.3) is 0 Å². The van der Waals surface area contributed by atoms with Gasteiger partial charge in [-0.3, -0.25) is 4.79 Å². The van der Waals surface area contributed by atoms with E-state index in [0.29, 0.717) is 6.42 Å². The molecule has 0 saturated heterocycles. The Morgan fingerprint density at radius 2 is 2.62 bits per heavy atom. The lowest BCUT2D eigenvalue weighted by Gasteiger charge is -2.24. The summed E-state index contributed by atoms with van der Waals surface area (Å²) in [5, 5.41) is 2.05. The first-order valence-corrected chi connectivity index (χ1v) is 5.11. The summed E-state index contributed by atoms with van der Waals surface area (Å²) in [6, 6.07) is 0. The zero-order valence-corrected chi connectivity index (χ0v) is 8.60. The van der Waals surface area contributed by atoms with Gasteiger partial charge in [-0.1, -0.05) is 12.2 Å². The first-order valence-electron chi connectivity index (χ1n) is 4.23. The van der Waals surface area contributed by atoms with Crippen molar-refractivity contribution in [1.82, 2.24) is 0 Å². The van der Waals surface area contributed by atoms with E-state index in [1.165, 1.54) is 7.11 Å². The highest BCUT2D eigenvalue weighted by Gasteiger charge is 2.33. The highest BCUT2D eigenvalue weighted by Crippen LogP contribution is 2.42. The van der Waals surface area contributed by atoms with Crippen LogP contribution in [-0.4, -0.2) is 17.8 Å². The van der Waals surface area contributed by atoms with Gasteiger partial charge in [0, 0.05) is 4.75 Å². The Balaban J connectivity index is 2.57. The minimum Gasteiger partial charge on any atom is -0.469 e. The van der Waals surface area contributed by atoms with Gasteiger partial charge >= 0.3 is 5.97 Å². The predicted molar refractivity (Wildman–Crippen MR) is 55.5 cm³/mol. The van der Waals surface area contributed by atoms with Crippen LogP contribution in [-0.2, 0) is 9.53 Å². The van der Waals surface area contributed by atoms with Crippen LogP contribution in [0, 0.1) is 0 Å². The van der Waals surface area contributed by atoms with Crippen LogP contribution >= 0.6 is 11.8 Å². The van der Waals surface area contributed by atoms with Crippen LogP contribution in [0.2, 0.25) is 0 Å². The lowest BCUT2D eigenvalue weighted by molar-refractivity contribution is -0.141. The molecule has 0 N–H and O–H groups in total.